The first-order valence-corrected chi connectivity index (χ1v) is 4.43. The smallest absolute Gasteiger partial charge is 0.343 e. The monoisotopic (exact) mass is 224 g/mol. The highest BCUT2D eigenvalue weighted by Gasteiger charge is 2.15. The molecule has 0 aliphatic heterocycles. The van der Waals surface area contributed by atoms with Crippen LogP contribution >= 0.6 is 12.6 Å². The van der Waals surface area contributed by atoms with Crippen molar-refractivity contribution in [3.63, 3.8) is 0 Å². The molecule has 2 N–H and O–H groups in total. The van der Waals surface area contributed by atoms with Gasteiger partial charge in [-0.15, -0.1) is 12.6 Å². The van der Waals surface area contributed by atoms with E-state index in [9.17, 15) is 9.59 Å². The zero-order valence-electron chi connectivity index (χ0n) is 7.54. The van der Waals surface area contributed by atoms with E-state index in [1.807, 2.05) is 0 Å². The first-order valence-electron chi connectivity index (χ1n) is 3.98. The molecular weight excluding hydrogens is 216 g/mol. The van der Waals surface area contributed by atoms with Crippen LogP contribution in [0, 0.1) is 0 Å². The number of hydrogen-bond acceptors (Lipinski definition) is 3. The molecular formula is C10H8O4S. The second-order valence-electron chi connectivity index (χ2n) is 2.73. The quantitative estimate of drug-likeness (QED) is 0.315. The normalized spacial score (nSPS) is 9.40. The van der Waals surface area contributed by atoms with Crippen LogP contribution in [0.2, 0.25) is 0 Å². The first kappa shape index (κ1) is 11.3. The molecule has 0 saturated heterocycles. The van der Waals surface area contributed by atoms with Crippen molar-refractivity contribution in [1.82, 2.24) is 0 Å². The fourth-order valence-electron chi connectivity index (χ4n) is 0.980. The lowest BCUT2D eigenvalue weighted by Crippen LogP contribution is -2.10. The number of benzene rings is 1. The molecule has 0 saturated carbocycles. The Morgan fingerprint density at radius 3 is 2.13 bits per heavy atom. The van der Waals surface area contributed by atoms with Gasteiger partial charge in [-0.25, -0.2) is 9.59 Å². The average molecular weight is 224 g/mol. The van der Waals surface area contributed by atoms with Gasteiger partial charge in [0.1, 0.15) is 5.57 Å². The van der Waals surface area contributed by atoms with Crippen molar-refractivity contribution in [1.29, 1.82) is 0 Å². The SMILES string of the molecule is O=C(O)C(=Cc1ccccc1S)C(=O)O. The van der Waals surface area contributed by atoms with Crippen molar-refractivity contribution in [2.75, 3.05) is 0 Å². The van der Waals surface area contributed by atoms with Gasteiger partial charge in [0.05, 0.1) is 0 Å². The summed E-state index contributed by atoms with van der Waals surface area (Å²) < 4.78 is 0. The summed E-state index contributed by atoms with van der Waals surface area (Å²) in [6, 6.07) is 6.64. The molecule has 78 valence electrons. The van der Waals surface area contributed by atoms with Crippen LogP contribution in [0.3, 0.4) is 0 Å². The minimum atomic E-state index is -1.47. The zero-order chi connectivity index (χ0) is 11.4. The van der Waals surface area contributed by atoms with E-state index in [4.69, 9.17) is 10.2 Å². The standard InChI is InChI=1S/C10H8O4S/c11-9(12)7(10(13)14)5-6-3-1-2-4-8(6)15/h1-5,15H,(H,11,12)(H,13,14). The second-order valence-corrected chi connectivity index (χ2v) is 3.21. The predicted molar refractivity (Wildman–Crippen MR) is 56.9 cm³/mol. The van der Waals surface area contributed by atoms with Gasteiger partial charge in [0.25, 0.3) is 0 Å². The van der Waals surface area contributed by atoms with Crippen molar-refractivity contribution in [2.45, 2.75) is 4.90 Å². The molecule has 0 radical (unpaired) electrons. The van der Waals surface area contributed by atoms with Gasteiger partial charge < -0.3 is 10.2 Å². The molecule has 0 aliphatic rings. The lowest BCUT2D eigenvalue weighted by atomic mass is 10.1. The molecule has 4 nitrogen and oxygen atoms in total. The van der Waals surface area contributed by atoms with Crippen LogP contribution in [-0.4, -0.2) is 22.2 Å². The molecule has 15 heavy (non-hydrogen) atoms. The van der Waals surface area contributed by atoms with Gasteiger partial charge in [0.2, 0.25) is 0 Å². The number of carboxylic acids is 2. The highest BCUT2D eigenvalue weighted by atomic mass is 32.1. The number of carboxylic acid groups (broad SMARTS) is 2. The predicted octanol–water partition coefficient (Wildman–Crippen LogP) is 1.53. The highest BCUT2D eigenvalue weighted by Crippen LogP contribution is 2.16. The fraction of sp³-hybridized carbons (Fsp3) is 0. The van der Waals surface area contributed by atoms with E-state index in [1.54, 1.807) is 24.3 Å². The summed E-state index contributed by atoms with van der Waals surface area (Å²) in [5.74, 6) is -2.95. The van der Waals surface area contributed by atoms with Crippen LogP contribution in [0.15, 0.2) is 34.7 Å². The Balaban J connectivity index is 3.19. The van der Waals surface area contributed by atoms with Crippen LogP contribution in [0.5, 0.6) is 0 Å². The Morgan fingerprint density at radius 1 is 1.13 bits per heavy atom. The van der Waals surface area contributed by atoms with Crippen LogP contribution in [0.25, 0.3) is 6.08 Å². The van der Waals surface area contributed by atoms with E-state index < -0.39 is 17.5 Å². The Labute approximate surface area is 91.3 Å². The number of thiol groups is 1. The second kappa shape index (κ2) is 4.65. The Kier molecular flexibility index (Phi) is 3.51. The van der Waals surface area contributed by atoms with Crippen molar-refractivity contribution >= 4 is 30.6 Å². The molecule has 0 aliphatic carbocycles. The van der Waals surface area contributed by atoms with Gasteiger partial charge in [-0.3, -0.25) is 0 Å². The fourth-order valence-corrected chi connectivity index (χ4v) is 1.21. The molecule has 0 spiro atoms. The maximum atomic E-state index is 10.6. The molecule has 0 atom stereocenters. The molecule has 1 aromatic carbocycles. The van der Waals surface area contributed by atoms with Crippen LogP contribution < -0.4 is 0 Å². The molecule has 0 bridgehead atoms. The van der Waals surface area contributed by atoms with E-state index in [2.05, 4.69) is 12.6 Å². The summed E-state index contributed by atoms with van der Waals surface area (Å²) >= 11 is 4.08. The number of aliphatic carboxylic acids is 2. The highest BCUT2D eigenvalue weighted by molar-refractivity contribution is 7.80. The summed E-state index contributed by atoms with van der Waals surface area (Å²) in [7, 11) is 0. The van der Waals surface area contributed by atoms with Crippen molar-refractivity contribution < 1.29 is 19.8 Å². The van der Waals surface area contributed by atoms with Gasteiger partial charge >= 0.3 is 11.9 Å². The zero-order valence-corrected chi connectivity index (χ0v) is 8.44. The van der Waals surface area contributed by atoms with Gasteiger partial charge in [-0.05, 0) is 17.7 Å². The number of rotatable bonds is 3. The third kappa shape index (κ3) is 2.85. The van der Waals surface area contributed by atoms with Gasteiger partial charge in [0.15, 0.2) is 0 Å². The Hall–Kier alpha value is -1.75. The molecule has 0 amide bonds. The molecule has 0 unspecified atom stereocenters. The minimum absolute atomic E-state index is 0.459. The first-order chi connectivity index (χ1) is 7.02. The lowest BCUT2D eigenvalue weighted by molar-refractivity contribution is -0.139. The molecule has 0 aromatic heterocycles. The third-order valence-corrected chi connectivity index (χ3v) is 2.10. The minimum Gasteiger partial charge on any atom is -0.477 e. The van der Waals surface area contributed by atoms with Crippen LogP contribution in [-0.2, 0) is 9.59 Å². The lowest BCUT2D eigenvalue weighted by Gasteiger charge is -1.99. The van der Waals surface area contributed by atoms with E-state index in [0.717, 1.165) is 6.08 Å². The molecule has 0 fully saturated rings. The number of carbonyl (C=O) groups is 2. The van der Waals surface area contributed by atoms with Gasteiger partial charge in [-0.2, -0.15) is 0 Å². The van der Waals surface area contributed by atoms with Crippen molar-refractivity contribution in [3.05, 3.63) is 35.4 Å². The maximum absolute atomic E-state index is 10.6. The van der Waals surface area contributed by atoms with Crippen LogP contribution in [0.1, 0.15) is 5.56 Å². The van der Waals surface area contributed by atoms with E-state index >= 15 is 0 Å². The van der Waals surface area contributed by atoms with Gasteiger partial charge in [-0.1, -0.05) is 18.2 Å². The summed E-state index contributed by atoms with van der Waals surface area (Å²) in [5, 5.41) is 17.2. The molecule has 1 aromatic rings. The van der Waals surface area contributed by atoms with E-state index in [0.29, 0.717) is 10.5 Å². The van der Waals surface area contributed by atoms with Crippen LogP contribution in [0.4, 0.5) is 0 Å². The summed E-state index contributed by atoms with van der Waals surface area (Å²) in [6.45, 7) is 0. The maximum Gasteiger partial charge on any atom is 0.343 e. The molecule has 5 heteroatoms. The third-order valence-electron chi connectivity index (χ3n) is 1.70. The summed E-state index contributed by atoms with van der Waals surface area (Å²) in [5.41, 5.74) is -0.225. The van der Waals surface area contributed by atoms with E-state index in [1.165, 1.54) is 0 Å². The van der Waals surface area contributed by atoms with E-state index in [-0.39, 0.29) is 0 Å². The van der Waals surface area contributed by atoms with Gasteiger partial charge in [0, 0.05) is 4.90 Å². The van der Waals surface area contributed by atoms with Crippen molar-refractivity contribution in [2.24, 2.45) is 0 Å². The molecule has 0 heterocycles. The topological polar surface area (TPSA) is 74.6 Å². The average Bonchev–Trinajstić information content (AvgIpc) is 2.15. The van der Waals surface area contributed by atoms with Crippen molar-refractivity contribution in [3.8, 4) is 0 Å². The summed E-state index contributed by atoms with van der Waals surface area (Å²) in [6.07, 6.45) is 1.08. The Bertz CT molecular complexity index is 421. The Morgan fingerprint density at radius 2 is 1.67 bits per heavy atom. The summed E-state index contributed by atoms with van der Waals surface area (Å²) in [4.78, 5) is 21.7. The molecule has 1 rings (SSSR count). The largest absolute Gasteiger partial charge is 0.477 e. The number of hydrogen-bond donors (Lipinski definition) is 3.